The summed E-state index contributed by atoms with van der Waals surface area (Å²) in [6.45, 7) is 12.7. The van der Waals surface area contributed by atoms with Crippen LogP contribution in [-0.2, 0) is 0 Å². The highest BCUT2D eigenvalue weighted by atomic mass is 14.1. The fourth-order valence-corrected chi connectivity index (χ4v) is 1.53. The standard InChI is InChI=1S/C13H18/c1-6-9(2)13-8-11(4)10(3)7-12(13)5/h7-8H,2,6H2,1,3-5H3. The van der Waals surface area contributed by atoms with Crippen LogP contribution in [0.2, 0.25) is 0 Å². The summed E-state index contributed by atoms with van der Waals surface area (Å²) in [7, 11) is 0. The van der Waals surface area contributed by atoms with E-state index in [1.165, 1.54) is 27.8 Å². The number of rotatable bonds is 2. The van der Waals surface area contributed by atoms with Crippen LogP contribution in [0.1, 0.15) is 35.6 Å². The van der Waals surface area contributed by atoms with Crippen molar-refractivity contribution in [3.05, 3.63) is 41.0 Å². The van der Waals surface area contributed by atoms with Gasteiger partial charge in [-0.1, -0.05) is 25.6 Å². The van der Waals surface area contributed by atoms with Gasteiger partial charge < -0.3 is 0 Å². The second-order valence-corrected chi connectivity index (χ2v) is 3.71. The molecular formula is C13H18. The Morgan fingerprint density at radius 3 is 2.15 bits per heavy atom. The van der Waals surface area contributed by atoms with E-state index in [9.17, 15) is 0 Å². The van der Waals surface area contributed by atoms with E-state index in [1.807, 2.05) is 0 Å². The molecular weight excluding hydrogens is 156 g/mol. The molecule has 0 spiro atoms. The summed E-state index contributed by atoms with van der Waals surface area (Å²) < 4.78 is 0. The summed E-state index contributed by atoms with van der Waals surface area (Å²) in [5.41, 5.74) is 6.63. The van der Waals surface area contributed by atoms with E-state index >= 15 is 0 Å². The summed E-state index contributed by atoms with van der Waals surface area (Å²) in [5, 5.41) is 0. The maximum absolute atomic E-state index is 4.08. The van der Waals surface area contributed by atoms with Crippen LogP contribution in [0.5, 0.6) is 0 Å². The third-order valence-electron chi connectivity index (χ3n) is 2.65. The van der Waals surface area contributed by atoms with E-state index in [0.29, 0.717) is 0 Å². The van der Waals surface area contributed by atoms with E-state index in [-0.39, 0.29) is 0 Å². The van der Waals surface area contributed by atoms with Crippen molar-refractivity contribution < 1.29 is 0 Å². The molecule has 1 aromatic rings. The summed E-state index contributed by atoms with van der Waals surface area (Å²) in [5.74, 6) is 0. The van der Waals surface area contributed by atoms with Crippen LogP contribution < -0.4 is 0 Å². The molecule has 0 heteroatoms. The molecule has 0 aliphatic carbocycles. The molecule has 0 radical (unpaired) electrons. The van der Waals surface area contributed by atoms with Crippen LogP contribution in [0.15, 0.2) is 18.7 Å². The van der Waals surface area contributed by atoms with E-state index in [1.54, 1.807) is 0 Å². The number of benzene rings is 1. The third kappa shape index (κ3) is 2.00. The third-order valence-corrected chi connectivity index (χ3v) is 2.65. The van der Waals surface area contributed by atoms with Crippen LogP contribution in [0.3, 0.4) is 0 Å². The lowest BCUT2D eigenvalue weighted by atomic mass is 9.95. The maximum Gasteiger partial charge on any atom is -0.0198 e. The van der Waals surface area contributed by atoms with Gasteiger partial charge in [0.1, 0.15) is 0 Å². The number of hydrogen-bond acceptors (Lipinski definition) is 0. The van der Waals surface area contributed by atoms with Crippen molar-refractivity contribution in [3.63, 3.8) is 0 Å². The van der Waals surface area contributed by atoms with Gasteiger partial charge in [0.2, 0.25) is 0 Å². The fraction of sp³-hybridized carbons (Fsp3) is 0.385. The van der Waals surface area contributed by atoms with Crippen LogP contribution in [-0.4, -0.2) is 0 Å². The normalized spacial score (nSPS) is 10.2. The molecule has 0 saturated carbocycles. The number of allylic oxidation sites excluding steroid dienone is 1. The molecule has 0 atom stereocenters. The first-order valence-corrected chi connectivity index (χ1v) is 4.82. The number of aryl methyl sites for hydroxylation is 3. The second kappa shape index (κ2) is 3.78. The largest absolute Gasteiger partial charge is 0.0952 e. The fourth-order valence-electron chi connectivity index (χ4n) is 1.53. The summed E-state index contributed by atoms with van der Waals surface area (Å²) in [6, 6.07) is 4.49. The molecule has 1 aromatic carbocycles. The Kier molecular flexibility index (Phi) is 2.92. The first kappa shape index (κ1) is 10.0. The van der Waals surface area contributed by atoms with E-state index in [4.69, 9.17) is 0 Å². The van der Waals surface area contributed by atoms with Gasteiger partial charge in [-0.05, 0) is 55.0 Å². The minimum Gasteiger partial charge on any atom is -0.0952 e. The topological polar surface area (TPSA) is 0 Å². The van der Waals surface area contributed by atoms with Gasteiger partial charge in [0, 0.05) is 0 Å². The quantitative estimate of drug-likeness (QED) is 0.635. The van der Waals surface area contributed by atoms with Crippen LogP contribution in [0, 0.1) is 20.8 Å². The zero-order valence-corrected chi connectivity index (χ0v) is 9.07. The SMILES string of the molecule is C=C(CC)c1cc(C)c(C)cc1C. The Bertz CT molecular complexity index is 332. The van der Waals surface area contributed by atoms with E-state index < -0.39 is 0 Å². The highest BCUT2D eigenvalue weighted by molar-refractivity contribution is 5.67. The molecule has 70 valence electrons. The van der Waals surface area contributed by atoms with Crippen LogP contribution >= 0.6 is 0 Å². The Morgan fingerprint density at radius 1 is 1.08 bits per heavy atom. The van der Waals surface area contributed by atoms with E-state index in [0.717, 1.165) is 6.42 Å². The average Bonchev–Trinajstić information content (AvgIpc) is 2.10. The smallest absolute Gasteiger partial charge is 0.0198 e. The molecule has 0 amide bonds. The second-order valence-electron chi connectivity index (χ2n) is 3.71. The van der Waals surface area contributed by atoms with Crippen molar-refractivity contribution in [2.24, 2.45) is 0 Å². The minimum atomic E-state index is 1.03. The zero-order valence-electron chi connectivity index (χ0n) is 9.07. The number of hydrogen-bond donors (Lipinski definition) is 0. The Hall–Kier alpha value is -1.04. The van der Waals surface area contributed by atoms with Crippen molar-refractivity contribution >= 4 is 5.57 Å². The van der Waals surface area contributed by atoms with Gasteiger partial charge in [-0.15, -0.1) is 0 Å². The highest BCUT2D eigenvalue weighted by Crippen LogP contribution is 2.23. The van der Waals surface area contributed by atoms with E-state index in [2.05, 4.69) is 46.4 Å². The molecule has 0 N–H and O–H groups in total. The van der Waals surface area contributed by atoms with Gasteiger partial charge in [-0.3, -0.25) is 0 Å². The molecule has 0 aliphatic heterocycles. The van der Waals surface area contributed by atoms with Crippen molar-refractivity contribution in [3.8, 4) is 0 Å². The van der Waals surface area contributed by atoms with Crippen molar-refractivity contribution in [1.29, 1.82) is 0 Å². The Balaban J connectivity index is 3.23. The molecule has 0 unspecified atom stereocenters. The zero-order chi connectivity index (χ0) is 10.0. The van der Waals surface area contributed by atoms with Gasteiger partial charge in [0.25, 0.3) is 0 Å². The molecule has 1 rings (SSSR count). The monoisotopic (exact) mass is 174 g/mol. The van der Waals surface area contributed by atoms with Crippen LogP contribution in [0.25, 0.3) is 5.57 Å². The van der Waals surface area contributed by atoms with Gasteiger partial charge in [0.05, 0.1) is 0 Å². The lowest BCUT2D eigenvalue weighted by molar-refractivity contribution is 1.21. The minimum absolute atomic E-state index is 1.03. The molecule has 0 saturated heterocycles. The first-order chi connectivity index (χ1) is 6.06. The predicted octanol–water partition coefficient (Wildman–Crippen LogP) is 4.04. The summed E-state index contributed by atoms with van der Waals surface area (Å²) >= 11 is 0. The summed E-state index contributed by atoms with van der Waals surface area (Å²) in [6.07, 6.45) is 1.03. The molecule has 0 bridgehead atoms. The first-order valence-electron chi connectivity index (χ1n) is 4.82. The van der Waals surface area contributed by atoms with Crippen molar-refractivity contribution in [2.45, 2.75) is 34.1 Å². The van der Waals surface area contributed by atoms with Crippen LogP contribution in [0.4, 0.5) is 0 Å². The highest BCUT2D eigenvalue weighted by Gasteiger charge is 2.03. The molecule has 0 aromatic heterocycles. The molecule has 0 nitrogen and oxygen atoms in total. The van der Waals surface area contributed by atoms with Gasteiger partial charge in [-0.25, -0.2) is 0 Å². The van der Waals surface area contributed by atoms with Crippen molar-refractivity contribution in [2.75, 3.05) is 0 Å². The van der Waals surface area contributed by atoms with Crippen molar-refractivity contribution in [1.82, 2.24) is 0 Å². The molecule has 13 heavy (non-hydrogen) atoms. The summed E-state index contributed by atoms with van der Waals surface area (Å²) in [4.78, 5) is 0. The predicted molar refractivity (Wildman–Crippen MR) is 60.0 cm³/mol. The van der Waals surface area contributed by atoms with Gasteiger partial charge in [-0.2, -0.15) is 0 Å². The lowest BCUT2D eigenvalue weighted by Crippen LogP contribution is -1.91. The van der Waals surface area contributed by atoms with Gasteiger partial charge >= 0.3 is 0 Å². The lowest BCUT2D eigenvalue weighted by Gasteiger charge is -2.10. The molecule has 0 fully saturated rings. The maximum atomic E-state index is 4.08. The Labute approximate surface area is 81.3 Å². The molecule has 0 aliphatic rings. The molecule has 0 heterocycles. The van der Waals surface area contributed by atoms with Gasteiger partial charge in [0.15, 0.2) is 0 Å². The Morgan fingerprint density at radius 2 is 1.62 bits per heavy atom. The average molecular weight is 174 g/mol.